The molecule has 0 aromatic heterocycles. The van der Waals surface area contributed by atoms with E-state index in [2.05, 4.69) is 18.3 Å². The number of nitrogens with zero attached hydrogens (tertiary/aromatic N) is 1. The Balaban J connectivity index is 1.99. The standard InChI is InChI=1S/C15H20N2/c1-2-15(8-3-4-9-15)12-17-14-7-5-6-13(10-14)11-16/h5-7,10,17H,2-4,8-9,12H2,1H3. The minimum Gasteiger partial charge on any atom is -0.384 e. The molecule has 2 nitrogen and oxygen atoms in total. The summed E-state index contributed by atoms with van der Waals surface area (Å²) in [5.74, 6) is 0. The van der Waals surface area contributed by atoms with Crippen LogP contribution < -0.4 is 5.32 Å². The molecule has 0 bridgehead atoms. The lowest BCUT2D eigenvalue weighted by Crippen LogP contribution is -2.25. The van der Waals surface area contributed by atoms with Gasteiger partial charge in [-0.2, -0.15) is 5.26 Å². The number of nitrogens with one attached hydrogen (secondary N) is 1. The summed E-state index contributed by atoms with van der Waals surface area (Å²) < 4.78 is 0. The molecule has 1 aromatic rings. The Bertz CT molecular complexity index is 411. The van der Waals surface area contributed by atoms with Crippen molar-refractivity contribution in [2.75, 3.05) is 11.9 Å². The minimum absolute atomic E-state index is 0.489. The van der Waals surface area contributed by atoms with Gasteiger partial charge in [-0.3, -0.25) is 0 Å². The van der Waals surface area contributed by atoms with Crippen LogP contribution in [0.2, 0.25) is 0 Å². The second-order valence-electron chi connectivity index (χ2n) is 5.11. The Morgan fingerprint density at radius 2 is 2.12 bits per heavy atom. The van der Waals surface area contributed by atoms with Crippen LogP contribution in [0.1, 0.15) is 44.6 Å². The highest BCUT2D eigenvalue weighted by molar-refractivity contribution is 5.49. The average molecular weight is 228 g/mol. The van der Waals surface area contributed by atoms with Gasteiger partial charge in [0.15, 0.2) is 0 Å². The highest BCUT2D eigenvalue weighted by atomic mass is 14.9. The van der Waals surface area contributed by atoms with Gasteiger partial charge in [0.25, 0.3) is 0 Å². The topological polar surface area (TPSA) is 35.8 Å². The van der Waals surface area contributed by atoms with Crippen LogP contribution in [0.15, 0.2) is 24.3 Å². The van der Waals surface area contributed by atoms with Gasteiger partial charge in [-0.25, -0.2) is 0 Å². The van der Waals surface area contributed by atoms with E-state index >= 15 is 0 Å². The summed E-state index contributed by atoms with van der Waals surface area (Å²) in [6.45, 7) is 3.33. The van der Waals surface area contributed by atoms with Gasteiger partial charge in [-0.1, -0.05) is 25.8 Å². The van der Waals surface area contributed by atoms with Gasteiger partial charge in [-0.15, -0.1) is 0 Å². The van der Waals surface area contributed by atoms with Crippen molar-refractivity contribution in [3.63, 3.8) is 0 Å². The highest BCUT2D eigenvalue weighted by Gasteiger charge is 2.31. The first-order chi connectivity index (χ1) is 8.28. The number of nitriles is 1. The van der Waals surface area contributed by atoms with Crippen molar-refractivity contribution < 1.29 is 0 Å². The number of anilines is 1. The number of benzene rings is 1. The van der Waals surface area contributed by atoms with E-state index in [1.807, 2.05) is 24.3 Å². The Labute approximate surface area is 104 Å². The minimum atomic E-state index is 0.489. The lowest BCUT2D eigenvalue weighted by molar-refractivity contribution is 0.307. The number of hydrogen-bond acceptors (Lipinski definition) is 2. The molecule has 0 radical (unpaired) electrons. The monoisotopic (exact) mass is 228 g/mol. The van der Waals surface area contributed by atoms with Crippen LogP contribution >= 0.6 is 0 Å². The van der Waals surface area contributed by atoms with Crippen LogP contribution in [-0.4, -0.2) is 6.54 Å². The molecule has 0 unspecified atom stereocenters. The summed E-state index contributed by atoms with van der Waals surface area (Å²) >= 11 is 0. The molecule has 0 aliphatic heterocycles. The van der Waals surface area contributed by atoms with Crippen molar-refractivity contribution in [3.05, 3.63) is 29.8 Å². The summed E-state index contributed by atoms with van der Waals surface area (Å²) in [6, 6.07) is 9.93. The molecule has 0 amide bonds. The van der Waals surface area contributed by atoms with Gasteiger partial charge in [-0.05, 0) is 42.9 Å². The zero-order chi connectivity index (χ0) is 12.1. The van der Waals surface area contributed by atoms with E-state index in [-0.39, 0.29) is 0 Å². The van der Waals surface area contributed by atoms with E-state index in [9.17, 15) is 0 Å². The Kier molecular flexibility index (Phi) is 3.68. The zero-order valence-electron chi connectivity index (χ0n) is 10.5. The fraction of sp³-hybridized carbons (Fsp3) is 0.533. The van der Waals surface area contributed by atoms with E-state index in [0.717, 1.165) is 17.8 Å². The van der Waals surface area contributed by atoms with Crippen molar-refractivity contribution in [3.8, 4) is 6.07 Å². The maximum absolute atomic E-state index is 8.86. The molecule has 1 saturated carbocycles. The molecule has 1 aromatic carbocycles. The fourth-order valence-electron chi connectivity index (χ4n) is 2.77. The van der Waals surface area contributed by atoms with Gasteiger partial charge in [0.05, 0.1) is 11.6 Å². The SMILES string of the molecule is CCC1(CNc2cccc(C#N)c2)CCCC1. The Morgan fingerprint density at radius 1 is 1.35 bits per heavy atom. The zero-order valence-corrected chi connectivity index (χ0v) is 10.5. The fourth-order valence-corrected chi connectivity index (χ4v) is 2.77. The van der Waals surface area contributed by atoms with Crippen molar-refractivity contribution in [2.24, 2.45) is 5.41 Å². The van der Waals surface area contributed by atoms with Gasteiger partial charge in [0.1, 0.15) is 0 Å². The lowest BCUT2D eigenvalue weighted by Gasteiger charge is -2.28. The van der Waals surface area contributed by atoms with Crippen LogP contribution in [0.4, 0.5) is 5.69 Å². The van der Waals surface area contributed by atoms with Gasteiger partial charge in [0.2, 0.25) is 0 Å². The molecule has 1 aliphatic carbocycles. The van der Waals surface area contributed by atoms with Gasteiger partial charge < -0.3 is 5.32 Å². The van der Waals surface area contributed by atoms with E-state index in [1.165, 1.54) is 32.1 Å². The predicted octanol–water partition coefficient (Wildman–Crippen LogP) is 3.94. The highest BCUT2D eigenvalue weighted by Crippen LogP contribution is 2.40. The quantitative estimate of drug-likeness (QED) is 0.847. The maximum atomic E-state index is 8.86. The van der Waals surface area contributed by atoms with Crippen molar-refractivity contribution in [2.45, 2.75) is 39.0 Å². The van der Waals surface area contributed by atoms with Gasteiger partial charge in [0, 0.05) is 12.2 Å². The summed E-state index contributed by atoms with van der Waals surface area (Å²) in [5, 5.41) is 12.4. The Morgan fingerprint density at radius 3 is 2.76 bits per heavy atom. The van der Waals surface area contributed by atoms with Crippen LogP contribution in [0, 0.1) is 16.7 Å². The molecule has 1 N–H and O–H groups in total. The molecule has 0 spiro atoms. The first-order valence-electron chi connectivity index (χ1n) is 6.52. The predicted molar refractivity (Wildman–Crippen MR) is 70.8 cm³/mol. The molecular formula is C15H20N2. The van der Waals surface area contributed by atoms with E-state index in [0.29, 0.717) is 5.41 Å². The Hall–Kier alpha value is -1.49. The van der Waals surface area contributed by atoms with Crippen LogP contribution in [-0.2, 0) is 0 Å². The van der Waals surface area contributed by atoms with E-state index in [4.69, 9.17) is 5.26 Å². The van der Waals surface area contributed by atoms with E-state index in [1.54, 1.807) is 0 Å². The molecule has 90 valence electrons. The number of hydrogen-bond donors (Lipinski definition) is 1. The second kappa shape index (κ2) is 5.23. The lowest BCUT2D eigenvalue weighted by atomic mass is 9.83. The molecule has 17 heavy (non-hydrogen) atoms. The largest absolute Gasteiger partial charge is 0.384 e. The second-order valence-corrected chi connectivity index (χ2v) is 5.11. The first kappa shape index (κ1) is 12.0. The van der Waals surface area contributed by atoms with Crippen LogP contribution in [0.5, 0.6) is 0 Å². The van der Waals surface area contributed by atoms with Crippen molar-refractivity contribution in [1.29, 1.82) is 5.26 Å². The summed E-state index contributed by atoms with van der Waals surface area (Å²) in [6.07, 6.45) is 6.67. The molecule has 1 fully saturated rings. The van der Waals surface area contributed by atoms with Gasteiger partial charge >= 0.3 is 0 Å². The molecular weight excluding hydrogens is 208 g/mol. The average Bonchev–Trinajstić information content (AvgIpc) is 2.86. The molecule has 0 heterocycles. The normalized spacial score (nSPS) is 17.6. The molecule has 0 atom stereocenters. The molecule has 2 heteroatoms. The van der Waals surface area contributed by atoms with Crippen LogP contribution in [0.3, 0.4) is 0 Å². The third-order valence-electron chi connectivity index (χ3n) is 4.07. The third-order valence-corrected chi connectivity index (χ3v) is 4.07. The number of rotatable bonds is 4. The van der Waals surface area contributed by atoms with E-state index < -0.39 is 0 Å². The molecule has 0 saturated heterocycles. The summed E-state index contributed by atoms with van der Waals surface area (Å²) in [4.78, 5) is 0. The maximum Gasteiger partial charge on any atom is 0.0992 e. The molecule has 2 rings (SSSR count). The van der Waals surface area contributed by atoms with Crippen molar-refractivity contribution in [1.82, 2.24) is 0 Å². The smallest absolute Gasteiger partial charge is 0.0992 e. The third kappa shape index (κ3) is 2.79. The van der Waals surface area contributed by atoms with Crippen molar-refractivity contribution >= 4 is 5.69 Å². The molecule has 1 aliphatic rings. The summed E-state index contributed by atoms with van der Waals surface area (Å²) in [5.41, 5.74) is 2.29. The summed E-state index contributed by atoms with van der Waals surface area (Å²) in [7, 11) is 0. The van der Waals surface area contributed by atoms with Crippen LogP contribution in [0.25, 0.3) is 0 Å². The first-order valence-corrected chi connectivity index (χ1v) is 6.52.